The summed E-state index contributed by atoms with van der Waals surface area (Å²) in [5.41, 5.74) is 2.02. The number of hydrogen-bond acceptors (Lipinski definition) is 3. The zero-order chi connectivity index (χ0) is 12.1. The number of rotatable bonds is 5. The van der Waals surface area contributed by atoms with Crippen LogP contribution in [0.4, 0.5) is 0 Å². The van der Waals surface area contributed by atoms with E-state index in [1.165, 1.54) is 0 Å². The van der Waals surface area contributed by atoms with Gasteiger partial charge in [0.1, 0.15) is 0 Å². The maximum atomic E-state index is 11.4. The van der Waals surface area contributed by atoms with E-state index in [1.54, 1.807) is 6.92 Å². The maximum absolute atomic E-state index is 11.4. The van der Waals surface area contributed by atoms with Crippen LogP contribution in [0.25, 0.3) is 0 Å². The van der Waals surface area contributed by atoms with E-state index in [2.05, 4.69) is 10.4 Å². The van der Waals surface area contributed by atoms with E-state index < -0.39 is 0 Å². The molecule has 5 heteroatoms. The normalized spacial score (nSPS) is 12.5. The topological polar surface area (TPSA) is 67.2 Å². The predicted octanol–water partition coefficient (Wildman–Crippen LogP) is 0.387. The summed E-state index contributed by atoms with van der Waals surface area (Å²) in [7, 11) is 0. The van der Waals surface area contributed by atoms with Gasteiger partial charge in [-0.05, 0) is 26.8 Å². The van der Waals surface area contributed by atoms with E-state index in [9.17, 15) is 4.79 Å². The fourth-order valence-electron chi connectivity index (χ4n) is 1.50. The smallest absolute Gasteiger partial charge is 0.222 e. The van der Waals surface area contributed by atoms with Crippen molar-refractivity contribution in [3.63, 3.8) is 0 Å². The zero-order valence-electron chi connectivity index (χ0n) is 10.0. The lowest BCUT2D eigenvalue weighted by Gasteiger charge is -2.10. The lowest BCUT2D eigenvalue weighted by molar-refractivity contribution is -0.122. The Kier molecular flexibility index (Phi) is 4.49. The molecule has 0 aliphatic heterocycles. The average molecular weight is 225 g/mol. The summed E-state index contributed by atoms with van der Waals surface area (Å²) in [6.07, 6.45) is 0.381. The van der Waals surface area contributed by atoms with Crippen LogP contribution in [0, 0.1) is 13.8 Å². The summed E-state index contributed by atoms with van der Waals surface area (Å²) in [4.78, 5) is 11.4. The number of carbonyl (C=O) groups is 1. The first-order chi connectivity index (χ1) is 7.52. The molecule has 5 nitrogen and oxygen atoms in total. The fourth-order valence-corrected chi connectivity index (χ4v) is 1.50. The van der Waals surface area contributed by atoms with Crippen LogP contribution in [0.15, 0.2) is 6.07 Å². The van der Waals surface area contributed by atoms with E-state index in [4.69, 9.17) is 5.11 Å². The van der Waals surface area contributed by atoms with Crippen molar-refractivity contribution >= 4 is 5.91 Å². The van der Waals surface area contributed by atoms with Gasteiger partial charge in [-0.3, -0.25) is 9.48 Å². The van der Waals surface area contributed by atoms with Crippen molar-refractivity contribution in [3.8, 4) is 0 Å². The summed E-state index contributed by atoms with van der Waals surface area (Å²) in [5, 5.41) is 15.7. The maximum Gasteiger partial charge on any atom is 0.222 e. The Bertz CT molecular complexity index is 360. The first kappa shape index (κ1) is 12.7. The van der Waals surface area contributed by atoms with Crippen LogP contribution in [-0.2, 0) is 11.3 Å². The standard InChI is InChI=1S/C11H19N3O2/c1-8-6-10(3)14(13-8)5-4-11(16)12-9(2)7-15/h6,9,15H,4-5,7H2,1-3H3,(H,12,16). The van der Waals surface area contributed by atoms with Gasteiger partial charge in [0.15, 0.2) is 0 Å². The van der Waals surface area contributed by atoms with Gasteiger partial charge >= 0.3 is 0 Å². The molecule has 0 saturated carbocycles. The van der Waals surface area contributed by atoms with Crippen molar-refractivity contribution in [1.29, 1.82) is 0 Å². The van der Waals surface area contributed by atoms with Gasteiger partial charge in [0.2, 0.25) is 5.91 Å². The second kappa shape index (κ2) is 5.65. The molecule has 0 fully saturated rings. The van der Waals surface area contributed by atoms with E-state index in [0.717, 1.165) is 11.4 Å². The van der Waals surface area contributed by atoms with Gasteiger partial charge in [-0.25, -0.2) is 0 Å². The molecule has 0 bridgehead atoms. The first-order valence-corrected chi connectivity index (χ1v) is 5.44. The van der Waals surface area contributed by atoms with E-state index in [0.29, 0.717) is 13.0 Å². The van der Waals surface area contributed by atoms with Gasteiger partial charge in [0, 0.05) is 24.7 Å². The van der Waals surface area contributed by atoms with Crippen molar-refractivity contribution in [2.75, 3.05) is 6.61 Å². The Balaban J connectivity index is 2.40. The Morgan fingerprint density at radius 3 is 2.81 bits per heavy atom. The summed E-state index contributed by atoms with van der Waals surface area (Å²) in [6.45, 7) is 6.20. The second-order valence-corrected chi connectivity index (χ2v) is 4.05. The molecule has 2 N–H and O–H groups in total. The number of aliphatic hydroxyl groups excluding tert-OH is 1. The monoisotopic (exact) mass is 225 g/mol. The summed E-state index contributed by atoms with van der Waals surface area (Å²) >= 11 is 0. The quantitative estimate of drug-likeness (QED) is 0.761. The van der Waals surface area contributed by atoms with Crippen molar-refractivity contribution in [3.05, 3.63) is 17.5 Å². The third kappa shape index (κ3) is 3.66. The number of carbonyl (C=O) groups excluding carboxylic acids is 1. The van der Waals surface area contributed by atoms with Crippen LogP contribution in [-0.4, -0.2) is 33.4 Å². The second-order valence-electron chi connectivity index (χ2n) is 4.05. The molecule has 90 valence electrons. The Morgan fingerprint density at radius 1 is 1.62 bits per heavy atom. The van der Waals surface area contributed by atoms with Crippen LogP contribution < -0.4 is 5.32 Å². The Morgan fingerprint density at radius 2 is 2.31 bits per heavy atom. The Labute approximate surface area is 95.5 Å². The molecular weight excluding hydrogens is 206 g/mol. The summed E-state index contributed by atoms with van der Waals surface area (Å²) < 4.78 is 1.82. The number of nitrogens with one attached hydrogen (secondary N) is 1. The van der Waals surface area contributed by atoms with Gasteiger partial charge in [0.25, 0.3) is 0 Å². The number of nitrogens with zero attached hydrogens (tertiary/aromatic N) is 2. The summed E-state index contributed by atoms with van der Waals surface area (Å²) in [6, 6.07) is 1.79. The third-order valence-corrected chi connectivity index (χ3v) is 2.34. The first-order valence-electron chi connectivity index (χ1n) is 5.44. The molecule has 0 aliphatic carbocycles. The lowest BCUT2D eigenvalue weighted by atomic mass is 10.3. The number of aryl methyl sites for hydroxylation is 3. The Hall–Kier alpha value is -1.36. The van der Waals surface area contributed by atoms with Gasteiger partial charge in [-0.15, -0.1) is 0 Å². The number of hydrogen-bond donors (Lipinski definition) is 2. The van der Waals surface area contributed by atoms with Crippen LogP contribution in [0.5, 0.6) is 0 Å². The lowest BCUT2D eigenvalue weighted by Crippen LogP contribution is -2.35. The van der Waals surface area contributed by atoms with E-state index >= 15 is 0 Å². The molecule has 1 amide bonds. The fraction of sp³-hybridized carbons (Fsp3) is 0.636. The zero-order valence-corrected chi connectivity index (χ0v) is 10.0. The molecule has 0 aromatic carbocycles. The molecule has 0 saturated heterocycles. The van der Waals surface area contributed by atoms with Crippen molar-refractivity contribution in [1.82, 2.24) is 15.1 Å². The third-order valence-electron chi connectivity index (χ3n) is 2.34. The van der Waals surface area contributed by atoms with Gasteiger partial charge in [0.05, 0.1) is 12.3 Å². The minimum atomic E-state index is -0.187. The highest BCUT2D eigenvalue weighted by atomic mass is 16.3. The highest BCUT2D eigenvalue weighted by Gasteiger charge is 2.07. The molecule has 0 radical (unpaired) electrons. The van der Waals surface area contributed by atoms with Crippen molar-refractivity contribution in [2.45, 2.75) is 39.8 Å². The SMILES string of the molecule is Cc1cc(C)n(CCC(=O)NC(C)CO)n1. The van der Waals surface area contributed by atoms with Crippen molar-refractivity contribution < 1.29 is 9.90 Å². The number of amides is 1. The average Bonchev–Trinajstić information content (AvgIpc) is 2.54. The molecule has 1 heterocycles. The van der Waals surface area contributed by atoms with Crippen LogP contribution in [0.3, 0.4) is 0 Å². The highest BCUT2D eigenvalue weighted by Crippen LogP contribution is 2.02. The van der Waals surface area contributed by atoms with Crippen molar-refractivity contribution in [2.24, 2.45) is 0 Å². The molecule has 1 atom stereocenters. The number of aliphatic hydroxyl groups is 1. The molecule has 0 aliphatic rings. The van der Waals surface area contributed by atoms with Crippen LogP contribution >= 0.6 is 0 Å². The highest BCUT2D eigenvalue weighted by molar-refractivity contribution is 5.76. The summed E-state index contributed by atoms with van der Waals surface area (Å²) in [5.74, 6) is -0.0610. The predicted molar refractivity (Wildman–Crippen MR) is 61.0 cm³/mol. The van der Waals surface area contributed by atoms with Gasteiger partial charge < -0.3 is 10.4 Å². The minimum Gasteiger partial charge on any atom is -0.394 e. The largest absolute Gasteiger partial charge is 0.394 e. The molecule has 16 heavy (non-hydrogen) atoms. The molecule has 1 aromatic heterocycles. The molecule has 0 spiro atoms. The van der Waals surface area contributed by atoms with E-state index in [1.807, 2.05) is 24.6 Å². The van der Waals surface area contributed by atoms with Gasteiger partial charge in [-0.1, -0.05) is 0 Å². The minimum absolute atomic E-state index is 0.0361. The molecule has 1 aromatic rings. The van der Waals surface area contributed by atoms with Gasteiger partial charge in [-0.2, -0.15) is 5.10 Å². The number of aromatic nitrogens is 2. The molecule has 1 rings (SSSR count). The van der Waals surface area contributed by atoms with E-state index in [-0.39, 0.29) is 18.6 Å². The molecular formula is C11H19N3O2. The van der Waals surface area contributed by atoms with Crippen LogP contribution in [0.1, 0.15) is 24.7 Å². The van der Waals surface area contributed by atoms with Crippen LogP contribution in [0.2, 0.25) is 0 Å². The molecule has 1 unspecified atom stereocenters.